The lowest BCUT2D eigenvalue weighted by atomic mass is 9.76. The molecule has 1 nitrogen and oxygen atoms in total. The Morgan fingerprint density at radius 1 is 1.11 bits per heavy atom. The molecule has 0 saturated heterocycles. The fourth-order valence-corrected chi connectivity index (χ4v) is 1.36. The molecule has 54 valence electrons. The third-order valence-corrected chi connectivity index (χ3v) is 3.05. The molecule has 0 aromatic carbocycles. The summed E-state index contributed by atoms with van der Waals surface area (Å²) in [4.78, 5) is 0. The van der Waals surface area contributed by atoms with Gasteiger partial charge in [-0.25, -0.2) is 0 Å². The lowest BCUT2D eigenvalue weighted by Crippen LogP contribution is -2.58. The van der Waals surface area contributed by atoms with E-state index in [-0.39, 0.29) is 0 Å². The Kier molecular flexibility index (Phi) is 1.35. The standard InChI is InChI=1S/C8H18N/c1-8(6-5-7-8)9(2,3)4/h5-7H2,1-4H3/q+1. The average Bonchev–Trinajstić information content (AvgIpc) is 1.57. The predicted octanol–water partition coefficient (Wildman–Crippen LogP) is 1.64. The van der Waals surface area contributed by atoms with Crippen LogP contribution in [0.25, 0.3) is 0 Å². The molecule has 0 bridgehead atoms. The number of hydrogen-bond acceptors (Lipinski definition) is 0. The zero-order valence-corrected chi connectivity index (χ0v) is 7.07. The summed E-state index contributed by atoms with van der Waals surface area (Å²) in [5, 5.41) is 0. The van der Waals surface area contributed by atoms with Crippen molar-refractivity contribution in [2.24, 2.45) is 0 Å². The van der Waals surface area contributed by atoms with E-state index < -0.39 is 0 Å². The van der Waals surface area contributed by atoms with Crippen LogP contribution in [0.1, 0.15) is 26.2 Å². The molecule has 0 aromatic rings. The van der Waals surface area contributed by atoms with Gasteiger partial charge in [-0.2, -0.15) is 0 Å². The Labute approximate surface area is 58.3 Å². The van der Waals surface area contributed by atoms with Crippen LogP contribution in [-0.4, -0.2) is 31.2 Å². The van der Waals surface area contributed by atoms with Gasteiger partial charge in [0.05, 0.1) is 26.7 Å². The predicted molar refractivity (Wildman–Crippen MR) is 40.3 cm³/mol. The second-order valence-electron chi connectivity index (χ2n) is 4.36. The molecule has 0 heterocycles. The molecule has 0 aliphatic heterocycles. The van der Waals surface area contributed by atoms with Crippen molar-refractivity contribution in [1.29, 1.82) is 0 Å². The molecule has 9 heavy (non-hydrogen) atoms. The SMILES string of the molecule is CC1([N+](C)(C)C)CCC1. The molecule has 0 unspecified atom stereocenters. The normalized spacial score (nSPS) is 25.3. The van der Waals surface area contributed by atoms with Gasteiger partial charge < -0.3 is 4.48 Å². The number of quaternary nitrogens is 1. The maximum absolute atomic E-state index is 2.39. The largest absolute Gasteiger partial charge is 0.326 e. The van der Waals surface area contributed by atoms with E-state index in [1.807, 2.05) is 0 Å². The zero-order chi connectivity index (χ0) is 7.12. The summed E-state index contributed by atoms with van der Waals surface area (Å²) >= 11 is 0. The summed E-state index contributed by atoms with van der Waals surface area (Å²) in [7, 11) is 6.87. The minimum absolute atomic E-state index is 0.597. The number of nitrogens with zero attached hydrogens (tertiary/aromatic N) is 1. The summed E-state index contributed by atoms with van der Waals surface area (Å²) in [5.74, 6) is 0. The molecule has 0 amide bonds. The van der Waals surface area contributed by atoms with Gasteiger partial charge in [-0.05, 0) is 13.3 Å². The first-order valence-electron chi connectivity index (χ1n) is 3.77. The summed E-state index contributed by atoms with van der Waals surface area (Å²) in [6.07, 6.45) is 4.26. The molecular formula is C8H18N+. The van der Waals surface area contributed by atoms with E-state index in [2.05, 4.69) is 28.1 Å². The van der Waals surface area contributed by atoms with E-state index in [4.69, 9.17) is 0 Å². The molecule has 1 heteroatoms. The van der Waals surface area contributed by atoms with Crippen molar-refractivity contribution in [2.45, 2.75) is 31.7 Å². The first-order chi connectivity index (χ1) is 3.96. The van der Waals surface area contributed by atoms with E-state index in [1.165, 1.54) is 19.3 Å². The van der Waals surface area contributed by atoms with Gasteiger partial charge >= 0.3 is 0 Å². The van der Waals surface area contributed by atoms with Gasteiger partial charge in [-0.15, -0.1) is 0 Å². The molecule has 0 aromatic heterocycles. The van der Waals surface area contributed by atoms with Crippen molar-refractivity contribution < 1.29 is 4.48 Å². The Hall–Kier alpha value is -0.0400. The van der Waals surface area contributed by atoms with Crippen molar-refractivity contribution in [2.75, 3.05) is 21.1 Å². The van der Waals surface area contributed by atoms with Crippen molar-refractivity contribution >= 4 is 0 Å². The van der Waals surface area contributed by atoms with Gasteiger partial charge in [-0.3, -0.25) is 0 Å². The van der Waals surface area contributed by atoms with E-state index in [1.54, 1.807) is 0 Å². The molecule has 1 fully saturated rings. The molecule has 1 aliphatic rings. The van der Waals surface area contributed by atoms with E-state index in [0.717, 1.165) is 4.48 Å². The number of rotatable bonds is 1. The third kappa shape index (κ3) is 0.983. The van der Waals surface area contributed by atoms with Gasteiger partial charge in [0.25, 0.3) is 0 Å². The Morgan fingerprint density at radius 3 is 1.56 bits per heavy atom. The topological polar surface area (TPSA) is 0 Å². The van der Waals surface area contributed by atoms with Crippen LogP contribution < -0.4 is 0 Å². The number of hydrogen-bond donors (Lipinski definition) is 0. The van der Waals surface area contributed by atoms with Crippen LogP contribution in [0.4, 0.5) is 0 Å². The summed E-state index contributed by atoms with van der Waals surface area (Å²) in [5.41, 5.74) is 0.597. The first kappa shape index (κ1) is 7.07. The van der Waals surface area contributed by atoms with Gasteiger partial charge in [0.1, 0.15) is 0 Å². The van der Waals surface area contributed by atoms with Crippen LogP contribution in [0.15, 0.2) is 0 Å². The average molecular weight is 128 g/mol. The molecule has 0 N–H and O–H groups in total. The molecule has 1 saturated carbocycles. The maximum Gasteiger partial charge on any atom is 0.0957 e. The van der Waals surface area contributed by atoms with E-state index in [9.17, 15) is 0 Å². The first-order valence-corrected chi connectivity index (χ1v) is 3.77. The highest BCUT2D eigenvalue weighted by atomic mass is 15.3. The van der Waals surface area contributed by atoms with Gasteiger partial charge in [0, 0.05) is 12.8 Å². The molecule has 1 aliphatic carbocycles. The second-order valence-corrected chi connectivity index (χ2v) is 4.36. The Bertz CT molecular complexity index is 106. The molecule has 0 spiro atoms. The summed E-state index contributed by atoms with van der Waals surface area (Å²) in [6.45, 7) is 2.39. The molecular weight excluding hydrogens is 110 g/mol. The monoisotopic (exact) mass is 128 g/mol. The van der Waals surface area contributed by atoms with Crippen LogP contribution in [0.3, 0.4) is 0 Å². The van der Waals surface area contributed by atoms with Gasteiger partial charge in [0.2, 0.25) is 0 Å². The highest BCUT2D eigenvalue weighted by molar-refractivity contribution is 4.84. The van der Waals surface area contributed by atoms with E-state index in [0.29, 0.717) is 5.54 Å². The molecule has 0 atom stereocenters. The van der Waals surface area contributed by atoms with Crippen LogP contribution in [-0.2, 0) is 0 Å². The smallest absolute Gasteiger partial charge is 0.0957 e. The lowest BCUT2D eigenvalue weighted by Gasteiger charge is -2.49. The zero-order valence-electron chi connectivity index (χ0n) is 7.07. The molecule has 1 rings (SSSR count). The molecule has 0 radical (unpaired) electrons. The summed E-state index contributed by atoms with van der Waals surface area (Å²) in [6, 6.07) is 0. The Morgan fingerprint density at radius 2 is 1.56 bits per heavy atom. The lowest BCUT2D eigenvalue weighted by molar-refractivity contribution is -0.928. The third-order valence-electron chi connectivity index (χ3n) is 3.05. The van der Waals surface area contributed by atoms with Crippen molar-refractivity contribution in [3.63, 3.8) is 0 Å². The fraction of sp³-hybridized carbons (Fsp3) is 1.00. The Balaban J connectivity index is 2.59. The highest BCUT2D eigenvalue weighted by Crippen LogP contribution is 2.38. The van der Waals surface area contributed by atoms with Crippen molar-refractivity contribution in [3.05, 3.63) is 0 Å². The summed E-state index contributed by atoms with van der Waals surface area (Å²) < 4.78 is 1.13. The van der Waals surface area contributed by atoms with Crippen LogP contribution >= 0.6 is 0 Å². The van der Waals surface area contributed by atoms with E-state index >= 15 is 0 Å². The van der Waals surface area contributed by atoms with Crippen LogP contribution in [0.5, 0.6) is 0 Å². The van der Waals surface area contributed by atoms with Gasteiger partial charge in [0.15, 0.2) is 0 Å². The maximum atomic E-state index is 2.39. The van der Waals surface area contributed by atoms with Crippen molar-refractivity contribution in [3.8, 4) is 0 Å². The van der Waals surface area contributed by atoms with Crippen LogP contribution in [0.2, 0.25) is 0 Å². The van der Waals surface area contributed by atoms with Crippen molar-refractivity contribution in [1.82, 2.24) is 0 Å². The van der Waals surface area contributed by atoms with Crippen LogP contribution in [0, 0.1) is 0 Å². The quantitative estimate of drug-likeness (QED) is 0.471. The highest BCUT2D eigenvalue weighted by Gasteiger charge is 2.43. The van der Waals surface area contributed by atoms with Gasteiger partial charge in [-0.1, -0.05) is 0 Å². The fourth-order valence-electron chi connectivity index (χ4n) is 1.36. The minimum Gasteiger partial charge on any atom is -0.326 e. The second kappa shape index (κ2) is 1.72. The minimum atomic E-state index is 0.597.